The molecule has 0 bridgehead atoms. The topological polar surface area (TPSA) is 57.5 Å². The van der Waals surface area contributed by atoms with Crippen LogP contribution in [0.25, 0.3) is 0 Å². The molecule has 3 heterocycles. The van der Waals surface area contributed by atoms with Crippen LogP contribution in [0.5, 0.6) is 0 Å². The predicted octanol–water partition coefficient (Wildman–Crippen LogP) is 2.79. The average Bonchev–Trinajstić information content (AvgIpc) is 3.19. The number of rotatable bonds is 3. The van der Waals surface area contributed by atoms with Gasteiger partial charge in [0, 0.05) is 25.2 Å². The minimum absolute atomic E-state index is 0.0359. The van der Waals surface area contributed by atoms with Crippen molar-refractivity contribution in [2.24, 2.45) is 5.41 Å². The molecule has 1 spiro atoms. The molecule has 138 valence electrons. The summed E-state index contributed by atoms with van der Waals surface area (Å²) in [6, 6.07) is 4.61. The molecule has 3 aliphatic rings. The van der Waals surface area contributed by atoms with Gasteiger partial charge in [-0.1, -0.05) is 0 Å². The van der Waals surface area contributed by atoms with Gasteiger partial charge in [0.15, 0.2) is 5.76 Å². The van der Waals surface area contributed by atoms with Crippen molar-refractivity contribution in [3.8, 4) is 0 Å². The molecule has 1 aliphatic carbocycles. The molecule has 5 nitrogen and oxygen atoms in total. The van der Waals surface area contributed by atoms with Gasteiger partial charge in [0.1, 0.15) is 0 Å². The van der Waals surface area contributed by atoms with Gasteiger partial charge in [0.25, 0.3) is 5.91 Å². The summed E-state index contributed by atoms with van der Waals surface area (Å²) in [4.78, 5) is 14.5. The molecule has 25 heavy (non-hydrogen) atoms. The van der Waals surface area contributed by atoms with E-state index in [9.17, 15) is 4.79 Å². The molecule has 2 N–H and O–H groups in total. The molecule has 2 aliphatic heterocycles. The van der Waals surface area contributed by atoms with Gasteiger partial charge in [-0.15, -0.1) is 0 Å². The van der Waals surface area contributed by atoms with Gasteiger partial charge in [0.2, 0.25) is 0 Å². The Morgan fingerprint density at radius 1 is 1.16 bits per heavy atom. The Morgan fingerprint density at radius 2 is 1.96 bits per heavy atom. The van der Waals surface area contributed by atoms with Crippen LogP contribution in [0.15, 0.2) is 22.8 Å². The standard InChI is InChI=1S/C20H31N3O2/c24-19(18-4-2-14-25-18)23-13-1-3-17(15-23)22-16-5-7-20(8-6-16)9-11-21-12-10-20/h2,4,14,16-17,21-22H,1,3,5-13,15H2. The summed E-state index contributed by atoms with van der Waals surface area (Å²) in [6.07, 6.45) is 11.9. The number of nitrogens with one attached hydrogen (secondary N) is 2. The quantitative estimate of drug-likeness (QED) is 0.884. The zero-order valence-electron chi connectivity index (χ0n) is 15.1. The van der Waals surface area contributed by atoms with Crippen molar-refractivity contribution in [1.82, 2.24) is 15.5 Å². The van der Waals surface area contributed by atoms with Crippen molar-refractivity contribution < 1.29 is 9.21 Å². The van der Waals surface area contributed by atoms with Crippen LogP contribution in [0.1, 0.15) is 61.9 Å². The molecular weight excluding hydrogens is 314 g/mol. The summed E-state index contributed by atoms with van der Waals surface area (Å²) in [6.45, 7) is 4.05. The summed E-state index contributed by atoms with van der Waals surface area (Å²) in [7, 11) is 0. The monoisotopic (exact) mass is 345 g/mol. The van der Waals surface area contributed by atoms with Gasteiger partial charge >= 0.3 is 0 Å². The van der Waals surface area contributed by atoms with Crippen molar-refractivity contribution in [3.05, 3.63) is 24.2 Å². The van der Waals surface area contributed by atoms with E-state index < -0.39 is 0 Å². The van der Waals surface area contributed by atoms with Crippen LogP contribution in [0.3, 0.4) is 0 Å². The highest BCUT2D eigenvalue weighted by molar-refractivity contribution is 5.91. The molecule has 2 saturated heterocycles. The lowest BCUT2D eigenvalue weighted by atomic mass is 9.67. The lowest BCUT2D eigenvalue weighted by Gasteiger charge is -2.44. The van der Waals surface area contributed by atoms with E-state index in [2.05, 4.69) is 10.6 Å². The van der Waals surface area contributed by atoms with Crippen molar-refractivity contribution in [3.63, 3.8) is 0 Å². The van der Waals surface area contributed by atoms with Gasteiger partial charge in [-0.2, -0.15) is 0 Å². The van der Waals surface area contributed by atoms with Crippen molar-refractivity contribution in [2.45, 2.75) is 63.5 Å². The Balaban J connectivity index is 1.27. The van der Waals surface area contributed by atoms with Crippen LogP contribution in [0, 0.1) is 5.41 Å². The fraction of sp³-hybridized carbons (Fsp3) is 0.750. The molecule has 4 rings (SSSR count). The van der Waals surface area contributed by atoms with Crippen molar-refractivity contribution in [2.75, 3.05) is 26.2 Å². The molecule has 1 unspecified atom stereocenters. The number of carbonyl (C=O) groups excluding carboxylic acids is 1. The molecule has 0 radical (unpaired) electrons. The Morgan fingerprint density at radius 3 is 2.68 bits per heavy atom. The predicted molar refractivity (Wildman–Crippen MR) is 97.6 cm³/mol. The number of hydrogen-bond donors (Lipinski definition) is 2. The SMILES string of the molecule is O=C(c1ccco1)N1CCCC(NC2CCC3(CCNCC3)CC2)C1. The molecule has 1 aromatic heterocycles. The van der Waals surface area contributed by atoms with E-state index in [1.165, 1.54) is 58.0 Å². The molecular formula is C20H31N3O2. The average molecular weight is 345 g/mol. The van der Waals surface area contributed by atoms with Gasteiger partial charge in [0.05, 0.1) is 6.26 Å². The number of likely N-dealkylation sites (tertiary alicyclic amines) is 1. The number of hydrogen-bond acceptors (Lipinski definition) is 4. The van der Waals surface area contributed by atoms with Crippen LogP contribution in [-0.2, 0) is 0 Å². The maximum atomic E-state index is 12.5. The maximum absolute atomic E-state index is 12.5. The fourth-order valence-electron chi connectivity index (χ4n) is 5.04. The van der Waals surface area contributed by atoms with E-state index in [-0.39, 0.29) is 5.91 Å². The van der Waals surface area contributed by atoms with Crippen LogP contribution in [-0.4, -0.2) is 49.1 Å². The summed E-state index contributed by atoms with van der Waals surface area (Å²) >= 11 is 0. The van der Waals surface area contributed by atoms with E-state index in [1.54, 1.807) is 18.4 Å². The second kappa shape index (κ2) is 7.50. The van der Waals surface area contributed by atoms with E-state index in [4.69, 9.17) is 4.42 Å². The molecule has 1 amide bonds. The molecule has 1 aromatic rings. The Bertz CT molecular complexity index is 556. The number of nitrogens with zero attached hydrogens (tertiary/aromatic N) is 1. The highest BCUT2D eigenvalue weighted by Crippen LogP contribution is 2.43. The first-order chi connectivity index (χ1) is 12.2. The zero-order chi connectivity index (χ0) is 17.1. The maximum Gasteiger partial charge on any atom is 0.289 e. The molecule has 0 aromatic carbocycles. The Hall–Kier alpha value is -1.33. The third-order valence-electron chi connectivity index (χ3n) is 6.62. The zero-order valence-corrected chi connectivity index (χ0v) is 15.1. The van der Waals surface area contributed by atoms with E-state index in [0.29, 0.717) is 23.3 Å². The van der Waals surface area contributed by atoms with E-state index in [0.717, 1.165) is 19.5 Å². The summed E-state index contributed by atoms with van der Waals surface area (Å²) in [5.41, 5.74) is 0.622. The smallest absolute Gasteiger partial charge is 0.289 e. The van der Waals surface area contributed by atoms with Crippen LogP contribution < -0.4 is 10.6 Å². The van der Waals surface area contributed by atoms with Gasteiger partial charge in [-0.25, -0.2) is 0 Å². The Labute approximate surface area is 150 Å². The molecule has 3 fully saturated rings. The third-order valence-corrected chi connectivity index (χ3v) is 6.62. The third kappa shape index (κ3) is 3.93. The Kier molecular flexibility index (Phi) is 5.13. The number of amides is 1. The van der Waals surface area contributed by atoms with E-state index in [1.807, 2.05) is 4.90 Å². The first-order valence-electron chi connectivity index (χ1n) is 10.0. The number of carbonyl (C=O) groups is 1. The minimum Gasteiger partial charge on any atom is -0.459 e. The van der Waals surface area contributed by atoms with E-state index >= 15 is 0 Å². The molecule has 1 saturated carbocycles. The number of piperidine rings is 2. The largest absolute Gasteiger partial charge is 0.459 e. The van der Waals surface area contributed by atoms with Crippen LogP contribution >= 0.6 is 0 Å². The summed E-state index contributed by atoms with van der Waals surface area (Å²) in [5.74, 6) is 0.500. The van der Waals surface area contributed by atoms with Gasteiger partial charge in [-0.3, -0.25) is 4.79 Å². The fourth-order valence-corrected chi connectivity index (χ4v) is 5.04. The van der Waals surface area contributed by atoms with Gasteiger partial charge < -0.3 is 20.0 Å². The van der Waals surface area contributed by atoms with Crippen LogP contribution in [0.2, 0.25) is 0 Å². The summed E-state index contributed by atoms with van der Waals surface area (Å²) < 4.78 is 5.28. The second-order valence-corrected chi connectivity index (χ2v) is 8.26. The highest BCUT2D eigenvalue weighted by Gasteiger charge is 2.37. The normalized spacial score (nSPS) is 27.5. The lowest BCUT2D eigenvalue weighted by Crippen LogP contribution is -2.52. The first-order valence-corrected chi connectivity index (χ1v) is 10.0. The molecule has 1 atom stereocenters. The second-order valence-electron chi connectivity index (χ2n) is 8.26. The van der Waals surface area contributed by atoms with Crippen LogP contribution in [0.4, 0.5) is 0 Å². The molecule has 5 heteroatoms. The first kappa shape index (κ1) is 17.1. The highest BCUT2D eigenvalue weighted by atomic mass is 16.3. The summed E-state index contributed by atoms with van der Waals surface area (Å²) in [5, 5.41) is 7.37. The van der Waals surface area contributed by atoms with Crippen molar-refractivity contribution >= 4 is 5.91 Å². The van der Waals surface area contributed by atoms with Crippen molar-refractivity contribution in [1.29, 1.82) is 0 Å². The lowest BCUT2D eigenvalue weighted by molar-refractivity contribution is 0.0638. The minimum atomic E-state index is 0.0359. The number of furan rings is 1. The van der Waals surface area contributed by atoms with Gasteiger partial charge in [-0.05, 0) is 82.0 Å².